The molecule has 0 heterocycles. The van der Waals surface area contributed by atoms with Gasteiger partial charge in [-0.15, -0.1) is 0 Å². The molecule has 8 valence electrons. The number of hydrogen-bond acceptors (Lipinski definition) is 0. The molecule has 0 saturated carbocycles. The van der Waals surface area contributed by atoms with Gasteiger partial charge in [0.25, 0.3) is 0 Å². The summed E-state index contributed by atoms with van der Waals surface area (Å²) in [4.78, 5) is 0. The second-order valence-electron chi connectivity index (χ2n) is 0. The maximum Gasteiger partial charge on any atom is 4.00 e. The first-order valence-electron chi connectivity index (χ1n) is 0. The van der Waals surface area contributed by atoms with Gasteiger partial charge in [0, 0.05) is 0 Å². The molecule has 0 N–H and O–H groups in total. The van der Waals surface area contributed by atoms with Gasteiger partial charge >= 0.3 is 76.0 Å². The van der Waals surface area contributed by atoms with E-state index >= 15 is 0 Å². The molecule has 0 aliphatic rings. The molecule has 0 amide bonds. The summed E-state index contributed by atoms with van der Waals surface area (Å²) in [6.45, 7) is 0. The average molecular weight is 341 g/mol. The van der Waals surface area contributed by atoms with Crippen LogP contribution in [0.3, 0.4) is 0 Å². The number of hydrogen-bond donors (Lipinski definition) is 0. The fourth-order valence-electron chi connectivity index (χ4n) is 0. The van der Waals surface area contributed by atoms with Crippen LogP contribution >= 0.6 is 0 Å². The maximum absolute atomic E-state index is 0. The molecule has 0 rings (SSSR count). The fourth-order valence-corrected chi connectivity index (χ4v) is 0. The third kappa shape index (κ3) is 8.82. The van der Waals surface area contributed by atoms with Crippen LogP contribution in [0.2, 0.25) is 0 Å². The molecule has 0 radical (unpaired) electrons. The first kappa shape index (κ1) is 31.4. The van der Waals surface area contributed by atoms with Crippen molar-refractivity contribution in [3.05, 3.63) is 0 Å². The van der Waals surface area contributed by atoms with Gasteiger partial charge in [0.15, 0.2) is 0 Å². The molecule has 0 fully saturated rings. The van der Waals surface area contributed by atoms with Gasteiger partial charge in [0.05, 0.1) is 0 Å². The quantitative estimate of drug-likeness (QED) is 0.512. The first-order chi connectivity index (χ1) is 0. The van der Waals surface area contributed by atoms with E-state index in [0.29, 0.717) is 0 Å². The Morgan fingerprint density at radius 1 is 1.00 bits per heavy atom. The Hall–Kier alpha value is 2.51. The summed E-state index contributed by atoms with van der Waals surface area (Å²) in [6.07, 6.45) is 0. The van der Waals surface area contributed by atoms with Crippen LogP contribution in [0.15, 0.2) is 0 Å². The zero-order valence-electron chi connectivity index (χ0n) is 1.99. The Balaban J connectivity index is 0. The van der Waals surface area contributed by atoms with Crippen LogP contribution in [0.1, 0.15) is 0 Å². The van der Waals surface area contributed by atoms with Crippen LogP contribution in [0.25, 0.3) is 0 Å². The van der Waals surface area contributed by atoms with Crippen LogP contribution in [-0.4, -0.2) is 49.8 Å². The van der Waals surface area contributed by atoms with Gasteiger partial charge < -0.3 is 5.48 Å². The van der Waals surface area contributed by atoms with Crippen molar-refractivity contribution < 1.29 is 31.7 Å². The van der Waals surface area contributed by atoms with Crippen molar-refractivity contribution in [1.82, 2.24) is 0 Å². The minimum atomic E-state index is 0. The summed E-state index contributed by atoms with van der Waals surface area (Å²) in [5, 5.41) is 0. The van der Waals surface area contributed by atoms with E-state index in [4.69, 9.17) is 0 Å². The zero-order chi connectivity index (χ0) is 0. The predicted octanol–water partition coefficient (Wildman–Crippen LogP) is -0.883. The maximum atomic E-state index is 0. The van der Waals surface area contributed by atoms with E-state index < -0.39 is 0 Å². The minimum absolute atomic E-state index is 0. The SMILES string of the molecule is [In+3].[O-2].[Sn+4].[Zr+4]. The van der Waals surface area contributed by atoms with Gasteiger partial charge in [-0.2, -0.15) is 0 Å². The van der Waals surface area contributed by atoms with Crippen molar-refractivity contribution in [3.8, 4) is 0 Å². The molecular weight excluding hydrogens is 341 g/mol. The molecule has 4 heteroatoms. The summed E-state index contributed by atoms with van der Waals surface area (Å²) in [5.74, 6) is 0. The van der Waals surface area contributed by atoms with E-state index in [1.165, 1.54) is 0 Å². The molecule has 0 aliphatic heterocycles. The van der Waals surface area contributed by atoms with Crippen LogP contribution in [0, 0.1) is 0 Å². The van der Waals surface area contributed by atoms with Crippen LogP contribution in [0.5, 0.6) is 0 Å². The van der Waals surface area contributed by atoms with Gasteiger partial charge in [-0.3, -0.25) is 0 Å². The molecule has 0 bridgehead atoms. The van der Waals surface area contributed by atoms with E-state index in [9.17, 15) is 0 Å². The van der Waals surface area contributed by atoms with Crippen molar-refractivity contribution >= 4 is 49.8 Å². The van der Waals surface area contributed by atoms with Crippen molar-refractivity contribution in [1.29, 1.82) is 0 Å². The van der Waals surface area contributed by atoms with Crippen molar-refractivity contribution in [2.24, 2.45) is 0 Å². The van der Waals surface area contributed by atoms with Gasteiger partial charge in [0.1, 0.15) is 0 Å². The van der Waals surface area contributed by atoms with Gasteiger partial charge in [-0.05, 0) is 0 Å². The van der Waals surface area contributed by atoms with E-state index in [0.717, 1.165) is 0 Å². The van der Waals surface area contributed by atoms with Crippen LogP contribution in [0.4, 0.5) is 0 Å². The molecule has 1 nitrogen and oxygen atoms in total. The molecule has 0 aromatic rings. The van der Waals surface area contributed by atoms with E-state index in [1.54, 1.807) is 0 Å². The average Bonchev–Trinajstić information content (AvgIpc) is 0. The zero-order valence-corrected chi connectivity index (χ0v) is 10.6. The molecule has 4 heavy (non-hydrogen) atoms. The minimum Gasteiger partial charge on any atom is -2.00 e. The standard InChI is InChI=1S/In.O.Sn.Zr/q+3;-2;2*+4. The van der Waals surface area contributed by atoms with Crippen LogP contribution < -0.4 is 0 Å². The Bertz CT molecular complexity index is 8.00. The molecule has 0 aromatic heterocycles. The molecule has 0 saturated heterocycles. The van der Waals surface area contributed by atoms with E-state index in [-0.39, 0.29) is 81.4 Å². The Morgan fingerprint density at radius 3 is 1.00 bits per heavy atom. The largest absolute Gasteiger partial charge is 4.00 e. The molecule has 0 unspecified atom stereocenters. The van der Waals surface area contributed by atoms with Gasteiger partial charge in [-0.25, -0.2) is 0 Å². The first-order valence-corrected chi connectivity index (χ1v) is 0. The summed E-state index contributed by atoms with van der Waals surface area (Å²) in [5.41, 5.74) is 0. The van der Waals surface area contributed by atoms with E-state index in [2.05, 4.69) is 0 Å². The second kappa shape index (κ2) is 17.8. The molecule has 0 aromatic carbocycles. The summed E-state index contributed by atoms with van der Waals surface area (Å²) < 4.78 is 0. The second-order valence-corrected chi connectivity index (χ2v) is 0. The summed E-state index contributed by atoms with van der Waals surface area (Å²) >= 11 is 0. The van der Waals surface area contributed by atoms with Gasteiger partial charge in [-0.1, -0.05) is 0 Å². The molecular formula is InOSnZr+9. The summed E-state index contributed by atoms with van der Waals surface area (Å²) in [6, 6.07) is 0. The van der Waals surface area contributed by atoms with Crippen molar-refractivity contribution in [2.45, 2.75) is 0 Å². The monoisotopic (exact) mass is 341 g/mol. The Morgan fingerprint density at radius 2 is 1.00 bits per heavy atom. The summed E-state index contributed by atoms with van der Waals surface area (Å²) in [7, 11) is 0. The Kier molecular flexibility index (Phi) is 139. The third-order valence-corrected chi connectivity index (χ3v) is 0. The normalized spacial score (nSPS) is 0. The predicted molar refractivity (Wildman–Crippen MR) is 12.2 cm³/mol. The van der Waals surface area contributed by atoms with E-state index in [1.807, 2.05) is 0 Å². The van der Waals surface area contributed by atoms with Crippen molar-refractivity contribution in [3.63, 3.8) is 0 Å². The number of rotatable bonds is 0. The Labute approximate surface area is 80.1 Å². The smallest absolute Gasteiger partial charge is 2.00 e. The topological polar surface area (TPSA) is 28.5 Å². The van der Waals surface area contributed by atoms with Crippen LogP contribution in [-0.2, 0) is 31.7 Å². The van der Waals surface area contributed by atoms with Gasteiger partial charge in [0.2, 0.25) is 0 Å². The fraction of sp³-hybridized carbons (Fsp3) is 0. The molecule has 0 atom stereocenters. The van der Waals surface area contributed by atoms with Crippen molar-refractivity contribution in [2.75, 3.05) is 0 Å². The third-order valence-electron chi connectivity index (χ3n) is 0. The molecule has 0 spiro atoms. The molecule has 0 aliphatic carbocycles.